The van der Waals surface area contributed by atoms with Crippen molar-refractivity contribution in [2.24, 2.45) is 0 Å². The predicted octanol–water partition coefficient (Wildman–Crippen LogP) is 1.01. The average molecular weight is 213 g/mol. The summed E-state index contributed by atoms with van der Waals surface area (Å²) >= 11 is 0. The number of nitrogens with zero attached hydrogens (tertiary/aromatic N) is 2. The van der Waals surface area contributed by atoms with Crippen molar-refractivity contribution in [1.29, 1.82) is 0 Å². The largest absolute Gasteiger partial charge is 0.314 e. The van der Waals surface area contributed by atoms with Gasteiger partial charge in [0.25, 0.3) is 0 Å². The van der Waals surface area contributed by atoms with E-state index in [-0.39, 0.29) is 5.54 Å². The van der Waals surface area contributed by atoms with Gasteiger partial charge in [-0.3, -0.25) is 9.80 Å². The van der Waals surface area contributed by atoms with E-state index >= 15 is 0 Å². The van der Waals surface area contributed by atoms with Gasteiger partial charge in [-0.15, -0.1) is 0 Å². The minimum absolute atomic E-state index is 0.280. The van der Waals surface area contributed by atoms with Crippen LogP contribution in [0.15, 0.2) is 0 Å². The third-order valence-electron chi connectivity index (χ3n) is 3.46. The first kappa shape index (κ1) is 12.9. The number of hydrogen-bond acceptors (Lipinski definition) is 3. The van der Waals surface area contributed by atoms with E-state index in [2.05, 4.69) is 49.9 Å². The van der Waals surface area contributed by atoms with Crippen molar-refractivity contribution in [2.45, 2.75) is 39.3 Å². The summed E-state index contributed by atoms with van der Waals surface area (Å²) in [5, 5.41) is 3.40. The SMILES string of the molecule is CC(CN(C)C(C)(C)C)N1CCNCC1. The fourth-order valence-corrected chi connectivity index (χ4v) is 1.91. The van der Waals surface area contributed by atoms with Gasteiger partial charge in [0.15, 0.2) is 0 Å². The Bertz CT molecular complexity index is 180. The Morgan fingerprint density at radius 3 is 2.27 bits per heavy atom. The van der Waals surface area contributed by atoms with E-state index in [1.807, 2.05) is 0 Å². The molecule has 0 aromatic heterocycles. The number of likely N-dealkylation sites (N-methyl/N-ethyl adjacent to an activating group) is 1. The fraction of sp³-hybridized carbons (Fsp3) is 1.00. The van der Waals surface area contributed by atoms with Gasteiger partial charge in [-0.2, -0.15) is 0 Å². The van der Waals surface area contributed by atoms with E-state index in [1.54, 1.807) is 0 Å². The smallest absolute Gasteiger partial charge is 0.0196 e. The highest BCUT2D eigenvalue weighted by atomic mass is 15.3. The molecule has 1 aliphatic rings. The second kappa shape index (κ2) is 5.28. The first-order valence-electron chi connectivity index (χ1n) is 6.07. The molecule has 15 heavy (non-hydrogen) atoms. The molecule has 0 bridgehead atoms. The first-order chi connectivity index (χ1) is 6.91. The Kier molecular flexibility index (Phi) is 4.56. The lowest BCUT2D eigenvalue weighted by molar-refractivity contribution is 0.101. The first-order valence-corrected chi connectivity index (χ1v) is 6.07. The quantitative estimate of drug-likeness (QED) is 0.755. The molecule has 1 rings (SSSR count). The van der Waals surface area contributed by atoms with Crippen LogP contribution in [-0.2, 0) is 0 Å². The van der Waals surface area contributed by atoms with Crippen LogP contribution in [0.1, 0.15) is 27.7 Å². The van der Waals surface area contributed by atoms with Crippen LogP contribution in [0.5, 0.6) is 0 Å². The van der Waals surface area contributed by atoms with E-state index in [4.69, 9.17) is 0 Å². The molecule has 0 aromatic carbocycles. The molecule has 0 aliphatic carbocycles. The summed E-state index contributed by atoms with van der Waals surface area (Å²) < 4.78 is 0. The van der Waals surface area contributed by atoms with E-state index < -0.39 is 0 Å². The van der Waals surface area contributed by atoms with Crippen LogP contribution in [0.4, 0.5) is 0 Å². The van der Waals surface area contributed by atoms with Crippen molar-refractivity contribution in [2.75, 3.05) is 39.8 Å². The Morgan fingerprint density at radius 2 is 1.80 bits per heavy atom. The number of rotatable bonds is 3. The van der Waals surface area contributed by atoms with Gasteiger partial charge in [0, 0.05) is 44.3 Å². The van der Waals surface area contributed by atoms with Gasteiger partial charge in [-0.25, -0.2) is 0 Å². The van der Waals surface area contributed by atoms with Crippen LogP contribution in [0.2, 0.25) is 0 Å². The van der Waals surface area contributed by atoms with Crippen molar-refractivity contribution in [3.05, 3.63) is 0 Å². The van der Waals surface area contributed by atoms with Gasteiger partial charge < -0.3 is 5.32 Å². The molecule has 1 N–H and O–H groups in total. The molecule has 1 atom stereocenters. The summed E-state index contributed by atoms with van der Waals surface area (Å²) in [6.07, 6.45) is 0. The molecule has 0 spiro atoms. The highest BCUT2D eigenvalue weighted by molar-refractivity contribution is 4.80. The van der Waals surface area contributed by atoms with Crippen LogP contribution >= 0.6 is 0 Å². The van der Waals surface area contributed by atoms with Crippen LogP contribution < -0.4 is 5.32 Å². The summed E-state index contributed by atoms with van der Waals surface area (Å²) in [4.78, 5) is 5.03. The summed E-state index contributed by atoms with van der Waals surface area (Å²) in [5.74, 6) is 0. The second-order valence-corrected chi connectivity index (χ2v) is 5.69. The van der Waals surface area contributed by atoms with Crippen LogP contribution in [0, 0.1) is 0 Å². The molecular weight excluding hydrogens is 186 g/mol. The van der Waals surface area contributed by atoms with Crippen LogP contribution in [0.3, 0.4) is 0 Å². The maximum Gasteiger partial charge on any atom is 0.0196 e. The van der Waals surface area contributed by atoms with Gasteiger partial charge in [-0.05, 0) is 34.7 Å². The minimum atomic E-state index is 0.280. The normalized spacial score (nSPS) is 22.0. The Labute approximate surface area is 94.8 Å². The van der Waals surface area contributed by atoms with Crippen LogP contribution in [-0.4, -0.2) is 61.2 Å². The van der Waals surface area contributed by atoms with Gasteiger partial charge in [0.2, 0.25) is 0 Å². The minimum Gasteiger partial charge on any atom is -0.314 e. The van der Waals surface area contributed by atoms with Crippen molar-refractivity contribution in [1.82, 2.24) is 15.1 Å². The molecule has 1 heterocycles. The molecule has 3 nitrogen and oxygen atoms in total. The molecule has 90 valence electrons. The molecule has 0 aromatic rings. The van der Waals surface area contributed by atoms with E-state index in [0.717, 1.165) is 19.6 Å². The topological polar surface area (TPSA) is 18.5 Å². The summed E-state index contributed by atoms with van der Waals surface area (Å²) in [6, 6.07) is 0.663. The fourth-order valence-electron chi connectivity index (χ4n) is 1.91. The molecule has 3 heteroatoms. The Morgan fingerprint density at radius 1 is 1.27 bits per heavy atom. The number of piperazine rings is 1. The van der Waals surface area contributed by atoms with E-state index in [1.165, 1.54) is 13.1 Å². The third kappa shape index (κ3) is 4.09. The molecule has 0 amide bonds. The lowest BCUT2D eigenvalue weighted by Gasteiger charge is -2.39. The Hall–Kier alpha value is -0.120. The Balaban J connectivity index is 2.36. The monoisotopic (exact) mass is 213 g/mol. The number of hydrogen-bond donors (Lipinski definition) is 1. The zero-order valence-corrected chi connectivity index (χ0v) is 11.0. The zero-order valence-electron chi connectivity index (χ0n) is 11.0. The molecule has 0 saturated carbocycles. The van der Waals surface area contributed by atoms with Crippen molar-refractivity contribution in [3.63, 3.8) is 0 Å². The van der Waals surface area contributed by atoms with Crippen molar-refractivity contribution < 1.29 is 0 Å². The summed E-state index contributed by atoms with van der Waals surface area (Å²) in [6.45, 7) is 15.0. The lowest BCUT2D eigenvalue weighted by atomic mass is 10.1. The third-order valence-corrected chi connectivity index (χ3v) is 3.46. The van der Waals surface area contributed by atoms with E-state index in [9.17, 15) is 0 Å². The van der Waals surface area contributed by atoms with E-state index in [0.29, 0.717) is 6.04 Å². The highest BCUT2D eigenvalue weighted by Gasteiger charge is 2.22. The van der Waals surface area contributed by atoms with Crippen molar-refractivity contribution in [3.8, 4) is 0 Å². The van der Waals surface area contributed by atoms with Gasteiger partial charge >= 0.3 is 0 Å². The van der Waals surface area contributed by atoms with Gasteiger partial charge in [0.05, 0.1) is 0 Å². The summed E-state index contributed by atoms with van der Waals surface area (Å²) in [7, 11) is 2.22. The molecule has 1 aliphatic heterocycles. The standard InChI is InChI=1S/C12H27N3/c1-11(10-14(5)12(2,3)4)15-8-6-13-7-9-15/h11,13H,6-10H2,1-5H3. The summed E-state index contributed by atoms with van der Waals surface area (Å²) in [5.41, 5.74) is 0.280. The van der Waals surface area contributed by atoms with Gasteiger partial charge in [0.1, 0.15) is 0 Å². The second-order valence-electron chi connectivity index (χ2n) is 5.69. The molecule has 0 radical (unpaired) electrons. The zero-order chi connectivity index (χ0) is 11.5. The molecular formula is C12H27N3. The maximum atomic E-state index is 3.40. The average Bonchev–Trinajstić information content (AvgIpc) is 2.17. The molecule has 1 fully saturated rings. The van der Waals surface area contributed by atoms with Crippen LogP contribution in [0.25, 0.3) is 0 Å². The molecule has 1 saturated heterocycles. The van der Waals surface area contributed by atoms with Crippen molar-refractivity contribution >= 4 is 0 Å². The maximum absolute atomic E-state index is 3.40. The lowest BCUT2D eigenvalue weighted by Crippen LogP contribution is -2.52. The molecule has 1 unspecified atom stereocenters. The predicted molar refractivity (Wildman–Crippen MR) is 66.3 cm³/mol. The number of nitrogens with one attached hydrogen (secondary N) is 1. The highest BCUT2D eigenvalue weighted by Crippen LogP contribution is 2.12. The van der Waals surface area contributed by atoms with Gasteiger partial charge in [-0.1, -0.05) is 0 Å².